The van der Waals surface area contributed by atoms with E-state index in [4.69, 9.17) is 5.26 Å². The molecule has 2 aromatic rings. The van der Waals surface area contributed by atoms with Crippen LogP contribution in [0.5, 0.6) is 0 Å². The van der Waals surface area contributed by atoms with E-state index in [9.17, 15) is 8.42 Å². The molecule has 0 aliphatic carbocycles. The van der Waals surface area contributed by atoms with E-state index in [1.54, 1.807) is 16.6 Å². The Morgan fingerprint density at radius 1 is 1.00 bits per heavy atom. The maximum atomic E-state index is 13.3. The number of aryl methyl sites for hydroxylation is 2. The van der Waals surface area contributed by atoms with Crippen LogP contribution < -0.4 is 4.90 Å². The van der Waals surface area contributed by atoms with Gasteiger partial charge in [-0.05, 0) is 62.1 Å². The molecule has 0 amide bonds. The van der Waals surface area contributed by atoms with E-state index in [-0.39, 0.29) is 0 Å². The van der Waals surface area contributed by atoms with Crippen LogP contribution >= 0.6 is 0 Å². The first-order valence-corrected chi connectivity index (χ1v) is 10.4. The summed E-state index contributed by atoms with van der Waals surface area (Å²) in [5, 5.41) is 8.86. The summed E-state index contributed by atoms with van der Waals surface area (Å²) in [5.41, 5.74) is 4.94. The van der Waals surface area contributed by atoms with Crippen molar-refractivity contribution in [2.45, 2.75) is 32.6 Å². The summed E-state index contributed by atoms with van der Waals surface area (Å²) in [5.74, 6) is 0. The lowest BCUT2D eigenvalue weighted by Crippen LogP contribution is -2.49. The number of hydrogen-bond acceptors (Lipinski definition) is 5. The topological polar surface area (TPSA) is 77.3 Å². The van der Waals surface area contributed by atoms with E-state index in [1.165, 1.54) is 0 Å². The molecule has 0 unspecified atom stereocenters. The normalized spacial score (nSPS) is 15.6. The largest absolute Gasteiger partial charge is 0.368 e. The molecule has 0 bridgehead atoms. The Morgan fingerprint density at radius 3 is 2.07 bits per heavy atom. The van der Waals surface area contributed by atoms with E-state index in [0.717, 1.165) is 27.9 Å². The number of nitrogens with zero attached hydrogens (tertiary/aromatic N) is 4. The first-order chi connectivity index (χ1) is 12.8. The van der Waals surface area contributed by atoms with Gasteiger partial charge in [0.15, 0.2) is 0 Å². The molecular formula is C20H24N4O2S. The molecule has 0 atom stereocenters. The van der Waals surface area contributed by atoms with Crippen LogP contribution in [0.3, 0.4) is 0 Å². The Morgan fingerprint density at radius 2 is 1.59 bits per heavy atom. The highest BCUT2D eigenvalue weighted by atomic mass is 32.2. The third-order valence-corrected chi connectivity index (χ3v) is 7.53. The van der Waals surface area contributed by atoms with Gasteiger partial charge in [0.1, 0.15) is 11.8 Å². The number of anilines is 1. The lowest BCUT2D eigenvalue weighted by molar-refractivity contribution is 0.384. The first kappa shape index (κ1) is 19.3. The molecule has 3 rings (SSSR count). The second-order valence-corrected chi connectivity index (χ2v) is 8.87. The van der Waals surface area contributed by atoms with Crippen molar-refractivity contribution in [1.82, 2.24) is 9.29 Å². The van der Waals surface area contributed by atoms with Gasteiger partial charge in [-0.1, -0.05) is 6.07 Å². The zero-order chi connectivity index (χ0) is 19.8. The number of sulfonamides is 1. The fourth-order valence-corrected chi connectivity index (χ4v) is 5.52. The third kappa shape index (κ3) is 3.55. The summed E-state index contributed by atoms with van der Waals surface area (Å²) in [7, 11) is -3.54. The van der Waals surface area contributed by atoms with E-state index in [0.29, 0.717) is 36.8 Å². The minimum absolute atomic E-state index is 0.376. The monoisotopic (exact) mass is 384 g/mol. The Kier molecular flexibility index (Phi) is 5.22. The smallest absolute Gasteiger partial charge is 0.243 e. The minimum atomic E-state index is -3.54. The molecule has 27 heavy (non-hydrogen) atoms. The average molecular weight is 385 g/mol. The van der Waals surface area contributed by atoms with Crippen LogP contribution in [-0.4, -0.2) is 43.9 Å². The predicted molar refractivity (Wildman–Crippen MR) is 105 cm³/mol. The lowest BCUT2D eigenvalue weighted by Gasteiger charge is -2.35. The molecule has 0 N–H and O–H groups in total. The van der Waals surface area contributed by atoms with E-state index < -0.39 is 10.0 Å². The Labute approximate surface area is 161 Å². The van der Waals surface area contributed by atoms with E-state index >= 15 is 0 Å². The number of hydrogen-bond donors (Lipinski definition) is 0. The van der Waals surface area contributed by atoms with Gasteiger partial charge >= 0.3 is 0 Å². The Hall–Kier alpha value is -2.43. The van der Waals surface area contributed by atoms with Crippen molar-refractivity contribution in [3.63, 3.8) is 0 Å². The summed E-state index contributed by atoms with van der Waals surface area (Å²) >= 11 is 0. The molecule has 142 valence electrons. The van der Waals surface area contributed by atoms with Crippen LogP contribution in [-0.2, 0) is 10.0 Å². The third-order valence-electron chi connectivity index (χ3n) is 5.36. The lowest BCUT2D eigenvalue weighted by atomic mass is 10.0. The van der Waals surface area contributed by atoms with Gasteiger partial charge < -0.3 is 4.90 Å². The standard InChI is InChI=1S/C20H24N4O2S/c1-14-11-15(2)17(4)20(16(14)3)27(25,26)24-9-7-23(8-10-24)19-6-5-18(12-21)22-13-19/h5-6,11,13H,7-10H2,1-4H3. The SMILES string of the molecule is Cc1cc(C)c(C)c(S(=O)(=O)N2CCN(c3ccc(C#N)nc3)CC2)c1C. The highest BCUT2D eigenvalue weighted by Crippen LogP contribution is 2.29. The fourth-order valence-electron chi connectivity index (χ4n) is 3.52. The van der Waals surface area contributed by atoms with Gasteiger partial charge in [0.05, 0.1) is 16.8 Å². The number of aromatic nitrogens is 1. The fraction of sp³-hybridized carbons (Fsp3) is 0.400. The zero-order valence-electron chi connectivity index (χ0n) is 16.2. The van der Waals surface area contributed by atoms with Crippen LogP contribution in [0.1, 0.15) is 27.9 Å². The van der Waals surface area contributed by atoms with Gasteiger partial charge in [-0.15, -0.1) is 0 Å². The number of piperazine rings is 1. The molecule has 1 aliphatic rings. The van der Waals surface area contributed by atoms with Gasteiger partial charge in [-0.3, -0.25) is 0 Å². The molecule has 1 fully saturated rings. The van der Waals surface area contributed by atoms with Crippen LogP contribution in [0.2, 0.25) is 0 Å². The van der Waals surface area contributed by atoms with Crippen molar-refractivity contribution in [1.29, 1.82) is 5.26 Å². The van der Waals surface area contributed by atoms with Crippen molar-refractivity contribution in [2.75, 3.05) is 31.1 Å². The van der Waals surface area contributed by atoms with Crippen molar-refractivity contribution in [2.24, 2.45) is 0 Å². The average Bonchev–Trinajstić information content (AvgIpc) is 2.66. The summed E-state index contributed by atoms with van der Waals surface area (Å²) < 4.78 is 28.2. The molecule has 2 heterocycles. The predicted octanol–water partition coefficient (Wildman–Crippen LogP) is 2.70. The van der Waals surface area contributed by atoms with Gasteiger partial charge in [-0.2, -0.15) is 9.57 Å². The maximum absolute atomic E-state index is 13.3. The molecule has 0 saturated carbocycles. The maximum Gasteiger partial charge on any atom is 0.243 e. The molecule has 1 aliphatic heterocycles. The summed E-state index contributed by atoms with van der Waals surface area (Å²) in [6, 6.07) is 7.58. The van der Waals surface area contributed by atoms with Gasteiger partial charge in [0, 0.05) is 26.2 Å². The van der Waals surface area contributed by atoms with Crippen molar-refractivity contribution in [3.8, 4) is 6.07 Å². The highest BCUT2D eigenvalue weighted by molar-refractivity contribution is 7.89. The number of rotatable bonds is 3. The molecule has 1 aromatic heterocycles. The molecular weight excluding hydrogens is 360 g/mol. The van der Waals surface area contributed by atoms with Crippen LogP contribution in [0.4, 0.5) is 5.69 Å². The highest BCUT2D eigenvalue weighted by Gasteiger charge is 2.31. The minimum Gasteiger partial charge on any atom is -0.368 e. The number of nitriles is 1. The molecule has 1 aromatic carbocycles. The van der Waals surface area contributed by atoms with Crippen molar-refractivity contribution < 1.29 is 8.42 Å². The quantitative estimate of drug-likeness (QED) is 0.813. The summed E-state index contributed by atoms with van der Waals surface area (Å²) in [6.45, 7) is 9.71. The van der Waals surface area contributed by atoms with Gasteiger partial charge in [0.2, 0.25) is 10.0 Å². The van der Waals surface area contributed by atoms with Crippen molar-refractivity contribution >= 4 is 15.7 Å². The molecule has 6 nitrogen and oxygen atoms in total. The molecule has 0 radical (unpaired) electrons. The molecule has 7 heteroatoms. The summed E-state index contributed by atoms with van der Waals surface area (Å²) in [4.78, 5) is 6.65. The number of pyridine rings is 1. The van der Waals surface area contributed by atoms with E-state index in [1.807, 2.05) is 45.9 Å². The molecule has 0 spiro atoms. The second kappa shape index (κ2) is 7.29. The molecule has 1 saturated heterocycles. The Bertz CT molecular complexity index is 974. The van der Waals surface area contributed by atoms with Gasteiger partial charge in [0.25, 0.3) is 0 Å². The van der Waals surface area contributed by atoms with Crippen molar-refractivity contribution in [3.05, 3.63) is 52.3 Å². The van der Waals surface area contributed by atoms with Crippen LogP contribution in [0, 0.1) is 39.0 Å². The van der Waals surface area contributed by atoms with E-state index in [2.05, 4.69) is 9.88 Å². The number of benzene rings is 1. The summed E-state index contributed by atoms with van der Waals surface area (Å²) in [6.07, 6.45) is 1.67. The van der Waals surface area contributed by atoms with Crippen LogP contribution in [0.15, 0.2) is 29.3 Å². The van der Waals surface area contributed by atoms with Gasteiger partial charge in [-0.25, -0.2) is 13.4 Å². The van der Waals surface area contributed by atoms with Crippen LogP contribution in [0.25, 0.3) is 0 Å². The Balaban J connectivity index is 1.82. The second-order valence-electron chi connectivity index (χ2n) is 6.99. The zero-order valence-corrected chi connectivity index (χ0v) is 17.0. The first-order valence-electron chi connectivity index (χ1n) is 8.94.